The van der Waals surface area contributed by atoms with E-state index in [1.54, 1.807) is 18.6 Å². The molecule has 0 fully saturated rings. The van der Waals surface area contributed by atoms with Crippen LogP contribution in [0.5, 0.6) is 0 Å². The van der Waals surface area contributed by atoms with Crippen molar-refractivity contribution in [3.05, 3.63) is 30.2 Å². The third kappa shape index (κ3) is 3.56. The number of carbonyl (C=O) groups excluding carboxylic acids is 1. The van der Waals surface area contributed by atoms with Crippen molar-refractivity contribution in [2.45, 2.75) is 47.1 Å². The number of rotatable bonds is 0. The summed E-state index contributed by atoms with van der Waals surface area (Å²) in [6.45, 7) is 11.5. The topological polar surface area (TPSA) is 44.1 Å². The van der Waals surface area contributed by atoms with Crippen molar-refractivity contribution in [1.82, 2.24) is 9.55 Å². The molecule has 0 N–H and O–H groups in total. The minimum Gasteiger partial charge on any atom is -0.443 e. The molecule has 0 saturated carbocycles. The summed E-state index contributed by atoms with van der Waals surface area (Å²) < 4.78 is 6.84. The number of aryl methyl sites for hydroxylation is 1. The summed E-state index contributed by atoms with van der Waals surface area (Å²) >= 11 is 0. The van der Waals surface area contributed by atoms with Crippen molar-refractivity contribution in [3.8, 4) is 0 Å². The predicted molar refractivity (Wildman–Crippen MR) is 77.5 cm³/mol. The van der Waals surface area contributed by atoms with Crippen LogP contribution in [0.3, 0.4) is 0 Å². The number of hydrogen-bond acceptors (Lipinski definition) is 3. The lowest BCUT2D eigenvalue weighted by molar-refractivity contribution is 0.0544. The highest BCUT2D eigenvalue weighted by atomic mass is 16.6. The van der Waals surface area contributed by atoms with Crippen LogP contribution in [0.2, 0.25) is 0 Å². The highest BCUT2D eigenvalue weighted by Gasteiger charge is 2.19. The largest absolute Gasteiger partial charge is 0.443 e. The van der Waals surface area contributed by atoms with Crippen LogP contribution < -0.4 is 0 Å². The average molecular weight is 262 g/mol. The second-order valence-electron chi connectivity index (χ2n) is 5.06. The molecule has 0 radical (unpaired) electrons. The van der Waals surface area contributed by atoms with Gasteiger partial charge in [-0.3, -0.25) is 9.55 Å². The minimum absolute atomic E-state index is 0.372. The van der Waals surface area contributed by atoms with Crippen LogP contribution in [0.25, 0.3) is 10.9 Å². The first-order valence-electron chi connectivity index (χ1n) is 6.53. The molecule has 19 heavy (non-hydrogen) atoms. The van der Waals surface area contributed by atoms with Crippen LogP contribution in [0.4, 0.5) is 4.79 Å². The van der Waals surface area contributed by atoms with E-state index < -0.39 is 5.60 Å². The Kier molecular flexibility index (Phi) is 4.70. The van der Waals surface area contributed by atoms with Crippen LogP contribution in [-0.2, 0) is 4.74 Å². The summed E-state index contributed by atoms with van der Waals surface area (Å²) in [7, 11) is 0. The fourth-order valence-electron chi connectivity index (χ4n) is 1.71. The van der Waals surface area contributed by atoms with E-state index in [-0.39, 0.29) is 6.09 Å². The predicted octanol–water partition coefficient (Wildman–Crippen LogP) is 4.15. The van der Waals surface area contributed by atoms with Crippen molar-refractivity contribution in [2.24, 2.45) is 0 Å². The van der Waals surface area contributed by atoms with Gasteiger partial charge in [-0.2, -0.15) is 0 Å². The molecule has 0 spiro atoms. The molecule has 2 rings (SSSR count). The summed E-state index contributed by atoms with van der Waals surface area (Å²) in [6.07, 6.45) is 4.80. The van der Waals surface area contributed by atoms with Gasteiger partial charge in [-0.15, -0.1) is 0 Å². The second-order valence-corrected chi connectivity index (χ2v) is 5.06. The summed E-state index contributed by atoms with van der Waals surface area (Å²) in [5.41, 5.74) is 1.32. The molecule has 0 bridgehead atoms. The molecule has 104 valence electrons. The number of ether oxygens (including phenoxy) is 1. The Morgan fingerprint density at radius 3 is 2.53 bits per heavy atom. The van der Waals surface area contributed by atoms with Crippen LogP contribution in [0.1, 0.15) is 40.2 Å². The van der Waals surface area contributed by atoms with Gasteiger partial charge in [-0.25, -0.2) is 4.79 Å². The van der Waals surface area contributed by atoms with E-state index in [1.165, 1.54) is 4.57 Å². The van der Waals surface area contributed by atoms with E-state index >= 15 is 0 Å². The zero-order chi connectivity index (χ0) is 14.6. The first-order chi connectivity index (χ1) is 8.88. The van der Waals surface area contributed by atoms with E-state index in [1.807, 2.05) is 47.6 Å². The van der Waals surface area contributed by atoms with Gasteiger partial charge in [-0.1, -0.05) is 13.8 Å². The Balaban J connectivity index is 0.000000861. The third-order valence-corrected chi connectivity index (χ3v) is 2.40. The number of fused-ring (bicyclic) bond motifs is 1. The molecule has 0 unspecified atom stereocenters. The standard InChI is InChI=1S/C13H16N2O2.C2H6/c1-9-8-15(12(16)17-13(2,3)4)11-7-14-6-5-10(9)11;1-2/h5-8H,1-4H3;1-2H3. The fraction of sp³-hybridized carbons (Fsp3) is 0.467. The molecule has 0 saturated heterocycles. The molecular weight excluding hydrogens is 240 g/mol. The minimum atomic E-state index is -0.496. The fourth-order valence-corrected chi connectivity index (χ4v) is 1.71. The molecule has 0 aliphatic heterocycles. The molecule has 2 aromatic rings. The Morgan fingerprint density at radius 1 is 1.32 bits per heavy atom. The van der Waals surface area contributed by atoms with Gasteiger partial charge in [0.05, 0.1) is 11.7 Å². The Hall–Kier alpha value is -1.84. The summed E-state index contributed by atoms with van der Waals surface area (Å²) in [5, 5.41) is 1.02. The number of nitrogens with zero attached hydrogens (tertiary/aromatic N) is 2. The van der Waals surface area contributed by atoms with Crippen molar-refractivity contribution < 1.29 is 9.53 Å². The van der Waals surface area contributed by atoms with Gasteiger partial charge in [0.1, 0.15) is 5.60 Å². The number of aromatic nitrogens is 2. The number of carbonyl (C=O) groups is 1. The first kappa shape index (κ1) is 15.2. The number of hydrogen-bond donors (Lipinski definition) is 0. The van der Waals surface area contributed by atoms with Gasteiger partial charge in [0, 0.05) is 17.8 Å². The van der Waals surface area contributed by atoms with Gasteiger partial charge in [-0.05, 0) is 39.3 Å². The molecule has 0 amide bonds. The SMILES string of the molecule is CC.Cc1cn(C(=O)OC(C)(C)C)c2cnccc12. The van der Waals surface area contributed by atoms with Gasteiger partial charge in [0.15, 0.2) is 0 Å². The van der Waals surface area contributed by atoms with Gasteiger partial charge >= 0.3 is 6.09 Å². The zero-order valence-electron chi connectivity index (χ0n) is 12.5. The summed E-state index contributed by atoms with van der Waals surface area (Å²) in [6, 6.07) is 1.89. The normalized spacial score (nSPS) is 10.8. The molecule has 2 aromatic heterocycles. The monoisotopic (exact) mass is 262 g/mol. The molecule has 4 nitrogen and oxygen atoms in total. The van der Waals surface area contributed by atoms with E-state index in [2.05, 4.69) is 4.98 Å². The van der Waals surface area contributed by atoms with Crippen LogP contribution in [-0.4, -0.2) is 21.2 Å². The Bertz CT molecular complexity index is 565. The first-order valence-corrected chi connectivity index (χ1v) is 6.53. The van der Waals surface area contributed by atoms with Crippen molar-refractivity contribution >= 4 is 17.0 Å². The molecule has 0 aliphatic carbocycles. The van der Waals surface area contributed by atoms with Gasteiger partial charge < -0.3 is 4.74 Å². The van der Waals surface area contributed by atoms with Crippen LogP contribution in [0.15, 0.2) is 24.7 Å². The highest BCUT2D eigenvalue weighted by molar-refractivity contribution is 5.91. The lowest BCUT2D eigenvalue weighted by Crippen LogP contribution is -2.26. The van der Waals surface area contributed by atoms with Gasteiger partial charge in [0.25, 0.3) is 0 Å². The maximum absolute atomic E-state index is 12.0. The van der Waals surface area contributed by atoms with Crippen molar-refractivity contribution in [1.29, 1.82) is 0 Å². The maximum atomic E-state index is 12.0. The van der Waals surface area contributed by atoms with Crippen molar-refractivity contribution in [2.75, 3.05) is 0 Å². The quantitative estimate of drug-likeness (QED) is 0.716. The molecule has 2 heterocycles. The van der Waals surface area contributed by atoms with E-state index in [0.717, 1.165) is 16.5 Å². The van der Waals surface area contributed by atoms with E-state index in [4.69, 9.17) is 4.74 Å². The zero-order valence-corrected chi connectivity index (χ0v) is 12.5. The average Bonchev–Trinajstić information content (AvgIpc) is 2.68. The maximum Gasteiger partial charge on any atom is 0.419 e. The lowest BCUT2D eigenvalue weighted by atomic mass is 10.2. The Labute approximate surface area is 114 Å². The second kappa shape index (κ2) is 5.87. The smallest absolute Gasteiger partial charge is 0.419 e. The third-order valence-electron chi connectivity index (χ3n) is 2.40. The summed E-state index contributed by atoms with van der Waals surface area (Å²) in [5.74, 6) is 0. The van der Waals surface area contributed by atoms with Gasteiger partial charge in [0.2, 0.25) is 0 Å². The van der Waals surface area contributed by atoms with Crippen LogP contribution in [0, 0.1) is 6.92 Å². The van der Waals surface area contributed by atoms with E-state index in [0.29, 0.717) is 0 Å². The van der Waals surface area contributed by atoms with Crippen molar-refractivity contribution in [3.63, 3.8) is 0 Å². The number of pyridine rings is 1. The molecule has 0 aliphatic rings. The highest BCUT2D eigenvalue weighted by Crippen LogP contribution is 2.20. The molecular formula is C15H22N2O2. The summed E-state index contributed by atoms with van der Waals surface area (Å²) in [4.78, 5) is 16.0. The lowest BCUT2D eigenvalue weighted by Gasteiger charge is -2.19. The van der Waals surface area contributed by atoms with Crippen LogP contribution >= 0.6 is 0 Å². The van der Waals surface area contributed by atoms with E-state index in [9.17, 15) is 4.79 Å². The molecule has 4 heteroatoms. The molecule has 0 atom stereocenters. The Morgan fingerprint density at radius 2 is 1.95 bits per heavy atom. The molecule has 0 aromatic carbocycles.